The normalized spacial score (nSPS) is 11.9. The topological polar surface area (TPSA) is 135 Å². The van der Waals surface area contributed by atoms with E-state index in [2.05, 4.69) is 19.7 Å². The highest BCUT2D eigenvalue weighted by Crippen LogP contribution is 2.35. The number of hydrogen-bond acceptors (Lipinski definition) is 10. The number of hydrogen-bond donors (Lipinski definition) is 2. The third-order valence-corrected chi connectivity index (χ3v) is 7.97. The van der Waals surface area contributed by atoms with Crippen molar-refractivity contribution in [3.05, 3.63) is 63.3 Å². The lowest BCUT2D eigenvalue weighted by atomic mass is 10.0. The molecule has 42 heavy (non-hydrogen) atoms. The van der Waals surface area contributed by atoms with Gasteiger partial charge in [0.15, 0.2) is 0 Å². The van der Waals surface area contributed by atoms with Crippen LogP contribution in [0.25, 0.3) is 22.3 Å². The second-order valence-electron chi connectivity index (χ2n) is 10.2. The Hall–Kier alpha value is -4.32. The third-order valence-electron chi connectivity index (χ3n) is 7.13. The molecule has 0 aliphatic carbocycles. The second-order valence-corrected chi connectivity index (χ2v) is 11.2. The van der Waals surface area contributed by atoms with Gasteiger partial charge in [-0.15, -0.1) is 0 Å². The number of carboxylic acids is 1. The van der Waals surface area contributed by atoms with E-state index in [9.17, 15) is 14.7 Å². The van der Waals surface area contributed by atoms with Gasteiger partial charge in [-0.2, -0.15) is 9.36 Å². The van der Waals surface area contributed by atoms with Crippen LogP contribution >= 0.6 is 11.5 Å². The van der Waals surface area contributed by atoms with Crippen LogP contribution in [0, 0.1) is 13.8 Å². The van der Waals surface area contributed by atoms with E-state index in [1.54, 1.807) is 22.9 Å². The summed E-state index contributed by atoms with van der Waals surface area (Å²) in [5, 5.41) is 13.4. The fourth-order valence-electron chi connectivity index (χ4n) is 4.82. The van der Waals surface area contributed by atoms with E-state index in [1.807, 2.05) is 58.6 Å². The fourth-order valence-corrected chi connectivity index (χ4v) is 5.54. The Morgan fingerprint density at radius 2 is 1.81 bits per heavy atom. The first kappa shape index (κ1) is 30.6. The molecule has 4 rings (SSSR count). The molecule has 0 aliphatic heterocycles. The van der Waals surface area contributed by atoms with Crippen LogP contribution in [-0.4, -0.2) is 61.2 Å². The summed E-state index contributed by atoms with van der Waals surface area (Å²) in [4.78, 5) is 42.4. The standard InChI is InChI=1S/C30H37N7O4S/c1-8-36(9-2)30-31-15-22(24-18(5)35-42-19(24)6)26(34-30)33-23(29(39)40)14-20-10-12-21(13-11-20)25-27(41-7)32-16-37(17(3)4)28(25)38/h10-13,15-17,23H,8-9,14H2,1-7H3,(H,39,40)(H,31,33,34)/t23-/m0/s1. The van der Waals surface area contributed by atoms with E-state index in [4.69, 9.17) is 9.72 Å². The highest BCUT2D eigenvalue weighted by Gasteiger charge is 2.24. The van der Waals surface area contributed by atoms with E-state index in [0.29, 0.717) is 41.5 Å². The van der Waals surface area contributed by atoms with Gasteiger partial charge in [-0.05, 0) is 64.2 Å². The minimum Gasteiger partial charge on any atom is -0.480 e. The third kappa shape index (κ3) is 6.28. The van der Waals surface area contributed by atoms with Gasteiger partial charge in [0.2, 0.25) is 11.8 Å². The smallest absolute Gasteiger partial charge is 0.326 e. The predicted molar refractivity (Wildman–Crippen MR) is 166 cm³/mol. The molecule has 0 saturated carbocycles. The second kappa shape index (κ2) is 13.1. The summed E-state index contributed by atoms with van der Waals surface area (Å²) in [7, 11) is 1.48. The molecule has 0 radical (unpaired) electrons. The molecule has 12 heteroatoms. The average Bonchev–Trinajstić information content (AvgIpc) is 3.30. The van der Waals surface area contributed by atoms with Crippen molar-refractivity contribution in [3.8, 4) is 28.1 Å². The van der Waals surface area contributed by atoms with Crippen molar-refractivity contribution in [1.29, 1.82) is 0 Å². The molecule has 0 unspecified atom stereocenters. The number of carboxylic acid groups (broad SMARTS) is 1. The van der Waals surface area contributed by atoms with Gasteiger partial charge in [0.1, 0.15) is 23.8 Å². The van der Waals surface area contributed by atoms with Gasteiger partial charge in [-0.1, -0.05) is 24.3 Å². The van der Waals surface area contributed by atoms with Crippen LogP contribution in [0.5, 0.6) is 5.88 Å². The summed E-state index contributed by atoms with van der Waals surface area (Å²) < 4.78 is 11.4. The van der Waals surface area contributed by atoms with Gasteiger partial charge in [0, 0.05) is 47.8 Å². The van der Waals surface area contributed by atoms with Crippen LogP contribution in [0.2, 0.25) is 0 Å². The maximum atomic E-state index is 13.2. The molecular weight excluding hydrogens is 554 g/mol. The number of nitrogens with zero attached hydrogens (tertiary/aromatic N) is 6. The largest absolute Gasteiger partial charge is 0.480 e. The molecule has 4 aromatic rings. The molecule has 3 heterocycles. The van der Waals surface area contributed by atoms with Crippen molar-refractivity contribution < 1.29 is 14.6 Å². The zero-order valence-electron chi connectivity index (χ0n) is 25.0. The van der Waals surface area contributed by atoms with E-state index in [-0.39, 0.29) is 23.9 Å². The molecule has 2 N–H and O–H groups in total. The molecule has 222 valence electrons. The lowest BCUT2D eigenvalue weighted by Gasteiger charge is -2.22. The van der Waals surface area contributed by atoms with Crippen molar-refractivity contribution in [2.75, 3.05) is 30.4 Å². The number of anilines is 2. The van der Waals surface area contributed by atoms with Gasteiger partial charge < -0.3 is 20.1 Å². The first-order chi connectivity index (χ1) is 20.1. The molecule has 0 bridgehead atoms. The highest BCUT2D eigenvalue weighted by molar-refractivity contribution is 7.06. The number of methoxy groups -OCH3 is 1. The Bertz CT molecular complexity index is 1590. The SMILES string of the molecule is CCN(CC)c1ncc(-c2c(C)nsc2C)c(N[C@@H](Cc2ccc(-c3c(OC)ncn(C(C)C)c3=O)cc2)C(=O)O)n1. The summed E-state index contributed by atoms with van der Waals surface area (Å²) >= 11 is 1.39. The maximum absolute atomic E-state index is 13.2. The number of benzene rings is 1. The molecule has 1 aromatic carbocycles. The van der Waals surface area contributed by atoms with Crippen LogP contribution in [-0.2, 0) is 11.2 Å². The highest BCUT2D eigenvalue weighted by atomic mass is 32.1. The minimum absolute atomic E-state index is 0.0669. The summed E-state index contributed by atoms with van der Waals surface area (Å²) in [6.45, 7) is 13.2. The molecular formula is C30H37N7O4S. The van der Waals surface area contributed by atoms with E-state index < -0.39 is 12.0 Å². The zero-order chi connectivity index (χ0) is 30.6. The quantitative estimate of drug-likeness (QED) is 0.232. The van der Waals surface area contributed by atoms with Gasteiger partial charge >= 0.3 is 5.97 Å². The zero-order valence-corrected chi connectivity index (χ0v) is 25.8. The van der Waals surface area contributed by atoms with Crippen molar-refractivity contribution in [3.63, 3.8) is 0 Å². The molecule has 0 aliphatic rings. The van der Waals surface area contributed by atoms with Crippen LogP contribution < -0.4 is 20.5 Å². The van der Waals surface area contributed by atoms with Gasteiger partial charge in [0.05, 0.1) is 12.8 Å². The van der Waals surface area contributed by atoms with Crippen LogP contribution in [0.15, 0.2) is 41.6 Å². The lowest BCUT2D eigenvalue weighted by molar-refractivity contribution is -0.137. The Kier molecular flexibility index (Phi) is 9.56. The van der Waals surface area contributed by atoms with E-state index in [0.717, 1.165) is 21.7 Å². The number of rotatable bonds is 12. The molecule has 0 saturated heterocycles. The molecule has 3 aromatic heterocycles. The maximum Gasteiger partial charge on any atom is 0.326 e. The van der Waals surface area contributed by atoms with E-state index >= 15 is 0 Å². The first-order valence-corrected chi connectivity index (χ1v) is 14.7. The molecule has 11 nitrogen and oxygen atoms in total. The Labute approximate surface area is 249 Å². The number of aromatic nitrogens is 5. The average molecular weight is 592 g/mol. The van der Waals surface area contributed by atoms with Gasteiger partial charge in [-0.25, -0.2) is 14.8 Å². The van der Waals surface area contributed by atoms with Gasteiger partial charge in [0.25, 0.3) is 5.56 Å². The van der Waals surface area contributed by atoms with Gasteiger partial charge in [-0.3, -0.25) is 9.36 Å². The minimum atomic E-state index is -1.02. The lowest BCUT2D eigenvalue weighted by Crippen LogP contribution is -2.33. The molecule has 1 atom stereocenters. The molecule has 0 fully saturated rings. The Morgan fingerprint density at radius 3 is 2.36 bits per heavy atom. The number of aliphatic carboxylic acids is 1. The van der Waals surface area contributed by atoms with Crippen molar-refractivity contribution in [2.45, 2.75) is 60.0 Å². The van der Waals surface area contributed by atoms with E-state index in [1.165, 1.54) is 25.0 Å². The number of nitrogens with one attached hydrogen (secondary N) is 1. The summed E-state index contributed by atoms with van der Waals surface area (Å²) in [6.07, 6.45) is 3.40. The monoisotopic (exact) mass is 591 g/mol. The molecule has 0 amide bonds. The first-order valence-electron chi connectivity index (χ1n) is 13.9. The number of aryl methyl sites for hydroxylation is 2. The Morgan fingerprint density at radius 1 is 1.12 bits per heavy atom. The number of carbonyl (C=O) groups is 1. The summed E-state index contributed by atoms with van der Waals surface area (Å²) in [5.74, 6) is 0.189. The Balaban J connectivity index is 1.68. The summed E-state index contributed by atoms with van der Waals surface area (Å²) in [6, 6.07) is 6.17. The predicted octanol–water partition coefficient (Wildman–Crippen LogP) is 4.98. The molecule has 0 spiro atoms. The fraction of sp³-hybridized carbons (Fsp3) is 0.400. The summed E-state index contributed by atoms with van der Waals surface area (Å²) in [5.41, 5.74) is 4.02. The van der Waals surface area contributed by atoms with Crippen LogP contribution in [0.3, 0.4) is 0 Å². The van der Waals surface area contributed by atoms with Crippen molar-refractivity contribution in [1.82, 2.24) is 23.9 Å². The van der Waals surface area contributed by atoms with Crippen LogP contribution in [0.1, 0.15) is 49.9 Å². The van der Waals surface area contributed by atoms with Crippen molar-refractivity contribution in [2.24, 2.45) is 0 Å². The van der Waals surface area contributed by atoms with Crippen LogP contribution in [0.4, 0.5) is 11.8 Å². The van der Waals surface area contributed by atoms with Crippen molar-refractivity contribution >= 4 is 29.3 Å². The number of ether oxygens (including phenoxy) is 1.